The van der Waals surface area contributed by atoms with Crippen molar-refractivity contribution in [2.45, 2.75) is 32.2 Å². The molecule has 2 saturated heterocycles. The molecule has 2 aliphatic rings. The van der Waals surface area contributed by atoms with Gasteiger partial charge in [-0.15, -0.1) is 0 Å². The summed E-state index contributed by atoms with van der Waals surface area (Å²) in [5.74, 6) is 0.664. The van der Waals surface area contributed by atoms with Crippen LogP contribution in [0.1, 0.15) is 35.7 Å². The van der Waals surface area contributed by atoms with E-state index in [1.165, 1.54) is 5.56 Å². The summed E-state index contributed by atoms with van der Waals surface area (Å²) in [6.07, 6.45) is 2.87. The molecule has 132 valence electrons. The number of nitrogens with zero attached hydrogens (tertiary/aromatic N) is 2. The SMILES string of the molecule is CCCc1ccc(C(=O)N2CCN(C3CCS(=O)(=O)C3)CC2)cc1. The van der Waals surface area contributed by atoms with Crippen LogP contribution in [0.2, 0.25) is 0 Å². The monoisotopic (exact) mass is 350 g/mol. The molecule has 0 N–H and O–H groups in total. The van der Waals surface area contributed by atoms with E-state index in [1.54, 1.807) is 0 Å². The lowest BCUT2D eigenvalue weighted by molar-refractivity contribution is 0.0588. The number of benzene rings is 1. The largest absolute Gasteiger partial charge is 0.336 e. The maximum absolute atomic E-state index is 12.6. The highest BCUT2D eigenvalue weighted by atomic mass is 32.2. The molecule has 2 heterocycles. The number of rotatable bonds is 4. The first-order valence-corrected chi connectivity index (χ1v) is 10.6. The first-order chi connectivity index (χ1) is 11.5. The molecule has 1 unspecified atom stereocenters. The van der Waals surface area contributed by atoms with E-state index in [-0.39, 0.29) is 17.7 Å². The van der Waals surface area contributed by atoms with E-state index in [2.05, 4.69) is 11.8 Å². The molecule has 0 aliphatic carbocycles. The lowest BCUT2D eigenvalue weighted by atomic mass is 10.1. The average molecular weight is 350 g/mol. The van der Waals surface area contributed by atoms with E-state index >= 15 is 0 Å². The van der Waals surface area contributed by atoms with E-state index in [9.17, 15) is 13.2 Å². The summed E-state index contributed by atoms with van der Waals surface area (Å²) in [6.45, 7) is 5.02. The van der Waals surface area contributed by atoms with E-state index in [0.29, 0.717) is 18.8 Å². The Morgan fingerprint density at radius 2 is 1.79 bits per heavy atom. The quantitative estimate of drug-likeness (QED) is 0.827. The summed E-state index contributed by atoms with van der Waals surface area (Å²) in [5.41, 5.74) is 2.01. The normalized spacial score (nSPS) is 24.2. The second kappa shape index (κ2) is 7.23. The van der Waals surface area contributed by atoms with Gasteiger partial charge in [-0.3, -0.25) is 9.69 Å². The summed E-state index contributed by atoms with van der Waals surface area (Å²) in [5, 5.41) is 0. The molecule has 1 aromatic rings. The minimum atomic E-state index is -2.85. The van der Waals surface area contributed by atoms with Crippen LogP contribution in [-0.4, -0.2) is 67.9 Å². The number of carbonyl (C=O) groups is 1. The van der Waals surface area contributed by atoms with Crippen molar-refractivity contribution in [1.82, 2.24) is 9.80 Å². The molecular formula is C18H26N2O3S. The molecule has 5 nitrogen and oxygen atoms in total. The van der Waals surface area contributed by atoms with Crippen molar-refractivity contribution in [1.29, 1.82) is 0 Å². The molecule has 1 aromatic carbocycles. The Morgan fingerprint density at radius 1 is 1.12 bits per heavy atom. The van der Waals surface area contributed by atoms with Crippen molar-refractivity contribution in [2.75, 3.05) is 37.7 Å². The standard InChI is InChI=1S/C18H26N2O3S/c1-2-3-15-4-6-16(7-5-15)18(21)20-11-9-19(10-12-20)17-8-13-24(22,23)14-17/h4-7,17H,2-3,8-14H2,1H3. The molecule has 0 aromatic heterocycles. The van der Waals surface area contributed by atoms with Crippen molar-refractivity contribution < 1.29 is 13.2 Å². The molecule has 1 atom stereocenters. The number of sulfone groups is 1. The van der Waals surface area contributed by atoms with Gasteiger partial charge < -0.3 is 4.90 Å². The van der Waals surface area contributed by atoms with Crippen LogP contribution in [0.4, 0.5) is 0 Å². The van der Waals surface area contributed by atoms with Crippen LogP contribution in [-0.2, 0) is 16.3 Å². The van der Waals surface area contributed by atoms with E-state index in [4.69, 9.17) is 0 Å². The van der Waals surface area contributed by atoms with Crippen LogP contribution in [0, 0.1) is 0 Å². The molecular weight excluding hydrogens is 324 g/mol. The van der Waals surface area contributed by atoms with E-state index < -0.39 is 9.84 Å². The van der Waals surface area contributed by atoms with Crippen molar-refractivity contribution >= 4 is 15.7 Å². The Kier molecular flexibility index (Phi) is 5.25. The van der Waals surface area contributed by atoms with Gasteiger partial charge in [0.05, 0.1) is 11.5 Å². The van der Waals surface area contributed by atoms with Gasteiger partial charge in [0.15, 0.2) is 9.84 Å². The highest BCUT2D eigenvalue weighted by molar-refractivity contribution is 7.91. The number of amides is 1. The Labute approximate surface area is 144 Å². The van der Waals surface area contributed by atoms with Gasteiger partial charge in [0, 0.05) is 37.8 Å². The zero-order valence-corrected chi connectivity index (χ0v) is 15.1. The van der Waals surface area contributed by atoms with Crippen molar-refractivity contribution in [3.8, 4) is 0 Å². The predicted octanol–water partition coefficient (Wildman–Crippen LogP) is 1.58. The maximum Gasteiger partial charge on any atom is 0.253 e. The number of hydrogen-bond donors (Lipinski definition) is 0. The molecule has 2 fully saturated rings. The predicted molar refractivity (Wildman–Crippen MR) is 95.0 cm³/mol. The number of piperazine rings is 1. The average Bonchev–Trinajstić information content (AvgIpc) is 2.95. The molecule has 24 heavy (non-hydrogen) atoms. The van der Waals surface area contributed by atoms with E-state index in [1.807, 2.05) is 29.2 Å². The summed E-state index contributed by atoms with van der Waals surface area (Å²) < 4.78 is 23.2. The fourth-order valence-corrected chi connectivity index (χ4v) is 5.40. The van der Waals surface area contributed by atoms with Gasteiger partial charge in [-0.2, -0.15) is 0 Å². The van der Waals surface area contributed by atoms with Crippen LogP contribution in [0.25, 0.3) is 0 Å². The molecule has 0 saturated carbocycles. The molecule has 0 spiro atoms. The van der Waals surface area contributed by atoms with Gasteiger partial charge in [-0.05, 0) is 30.5 Å². The van der Waals surface area contributed by atoms with Crippen LogP contribution in [0.3, 0.4) is 0 Å². The highest BCUT2D eigenvalue weighted by Gasteiger charge is 2.34. The topological polar surface area (TPSA) is 57.7 Å². The molecule has 0 bridgehead atoms. The van der Waals surface area contributed by atoms with Gasteiger partial charge >= 0.3 is 0 Å². The van der Waals surface area contributed by atoms with Crippen LogP contribution in [0.15, 0.2) is 24.3 Å². The Hall–Kier alpha value is -1.40. The Morgan fingerprint density at radius 3 is 2.33 bits per heavy atom. The molecule has 0 radical (unpaired) electrons. The number of hydrogen-bond acceptors (Lipinski definition) is 4. The van der Waals surface area contributed by atoms with Crippen molar-refractivity contribution in [2.24, 2.45) is 0 Å². The van der Waals surface area contributed by atoms with Crippen LogP contribution in [0.5, 0.6) is 0 Å². The third kappa shape index (κ3) is 3.98. The van der Waals surface area contributed by atoms with Crippen molar-refractivity contribution in [3.05, 3.63) is 35.4 Å². The molecule has 1 amide bonds. The third-order valence-electron chi connectivity index (χ3n) is 5.07. The fourth-order valence-electron chi connectivity index (χ4n) is 3.64. The number of carbonyl (C=O) groups excluding carboxylic acids is 1. The maximum atomic E-state index is 12.6. The minimum Gasteiger partial charge on any atom is -0.336 e. The Balaban J connectivity index is 1.55. The Bertz CT molecular complexity index is 677. The van der Waals surface area contributed by atoms with Gasteiger partial charge in [-0.1, -0.05) is 25.5 Å². The second-order valence-electron chi connectivity index (χ2n) is 6.83. The lowest BCUT2D eigenvalue weighted by Crippen LogP contribution is -2.52. The minimum absolute atomic E-state index is 0.0803. The zero-order valence-electron chi connectivity index (χ0n) is 14.3. The van der Waals surface area contributed by atoms with Gasteiger partial charge in [0.1, 0.15) is 0 Å². The molecule has 3 rings (SSSR count). The zero-order chi connectivity index (χ0) is 17.2. The highest BCUT2D eigenvalue weighted by Crippen LogP contribution is 2.20. The van der Waals surface area contributed by atoms with Crippen LogP contribution >= 0.6 is 0 Å². The van der Waals surface area contributed by atoms with Gasteiger partial charge in [0.25, 0.3) is 5.91 Å². The summed E-state index contributed by atoms with van der Waals surface area (Å²) in [4.78, 5) is 16.7. The summed E-state index contributed by atoms with van der Waals surface area (Å²) >= 11 is 0. The second-order valence-corrected chi connectivity index (χ2v) is 9.06. The first-order valence-electron chi connectivity index (χ1n) is 8.81. The lowest BCUT2D eigenvalue weighted by Gasteiger charge is -2.37. The smallest absolute Gasteiger partial charge is 0.253 e. The fraction of sp³-hybridized carbons (Fsp3) is 0.611. The summed E-state index contributed by atoms with van der Waals surface area (Å²) in [6, 6.07) is 8.06. The van der Waals surface area contributed by atoms with Gasteiger partial charge in [-0.25, -0.2) is 8.42 Å². The first kappa shape index (κ1) is 17.4. The van der Waals surface area contributed by atoms with Gasteiger partial charge in [0.2, 0.25) is 0 Å². The molecule has 2 aliphatic heterocycles. The van der Waals surface area contributed by atoms with Crippen LogP contribution < -0.4 is 0 Å². The molecule has 6 heteroatoms. The number of aryl methyl sites for hydroxylation is 1. The summed E-state index contributed by atoms with van der Waals surface area (Å²) in [7, 11) is -2.85. The van der Waals surface area contributed by atoms with E-state index in [0.717, 1.165) is 37.9 Å². The third-order valence-corrected chi connectivity index (χ3v) is 6.82. The van der Waals surface area contributed by atoms with Crippen molar-refractivity contribution in [3.63, 3.8) is 0 Å².